The molecule has 0 spiro atoms. The third kappa shape index (κ3) is 4.40. The Labute approximate surface area is 177 Å². The van der Waals surface area contributed by atoms with Crippen LogP contribution < -0.4 is 10.9 Å². The molecular weight excluding hydrogens is 398 g/mol. The minimum atomic E-state index is -0.581. The molecule has 31 heavy (non-hydrogen) atoms. The molecule has 2 heterocycles. The van der Waals surface area contributed by atoms with Gasteiger partial charge in [0.05, 0.1) is 11.8 Å². The van der Waals surface area contributed by atoms with Crippen LogP contribution >= 0.6 is 0 Å². The van der Waals surface area contributed by atoms with E-state index in [1.807, 2.05) is 26.0 Å². The summed E-state index contributed by atoms with van der Waals surface area (Å²) in [5.41, 5.74) is 2.95. The fourth-order valence-corrected chi connectivity index (χ4v) is 3.16. The lowest BCUT2D eigenvalue weighted by Crippen LogP contribution is -2.13. The highest BCUT2D eigenvalue weighted by Crippen LogP contribution is 2.21. The Morgan fingerprint density at radius 3 is 2.65 bits per heavy atom. The molecule has 0 aliphatic carbocycles. The zero-order valence-corrected chi connectivity index (χ0v) is 16.9. The largest absolute Gasteiger partial charge is 0.459 e. The molecule has 7 nitrogen and oxygen atoms in total. The van der Waals surface area contributed by atoms with Crippen molar-refractivity contribution in [1.29, 1.82) is 0 Å². The topological polar surface area (TPSA) is 98.7 Å². The van der Waals surface area contributed by atoms with Gasteiger partial charge in [0.1, 0.15) is 12.2 Å². The number of benzene rings is 2. The number of rotatable bonds is 5. The Morgan fingerprint density at radius 2 is 1.87 bits per heavy atom. The van der Waals surface area contributed by atoms with Gasteiger partial charge in [-0.25, -0.2) is 9.59 Å². The number of aryl methyl sites for hydroxylation is 2. The maximum atomic E-state index is 12.6. The van der Waals surface area contributed by atoms with E-state index < -0.39 is 17.5 Å². The minimum Gasteiger partial charge on any atom is -0.459 e. The fraction of sp³-hybridized carbons (Fsp3) is 0.125. The van der Waals surface area contributed by atoms with Gasteiger partial charge in [0.2, 0.25) is 0 Å². The van der Waals surface area contributed by atoms with E-state index in [0.717, 1.165) is 11.1 Å². The molecule has 1 amide bonds. The summed E-state index contributed by atoms with van der Waals surface area (Å²) in [6, 6.07) is 14.8. The van der Waals surface area contributed by atoms with Crippen LogP contribution in [-0.4, -0.2) is 11.9 Å². The molecule has 0 atom stereocenters. The molecular formula is C24H19NO6. The first-order valence-corrected chi connectivity index (χ1v) is 9.57. The summed E-state index contributed by atoms with van der Waals surface area (Å²) in [5, 5.41) is 3.43. The molecule has 0 bridgehead atoms. The molecule has 4 rings (SSSR count). The van der Waals surface area contributed by atoms with Crippen LogP contribution in [0.4, 0.5) is 5.69 Å². The minimum absolute atomic E-state index is 0.0913. The molecule has 0 aliphatic heterocycles. The quantitative estimate of drug-likeness (QED) is 0.376. The lowest BCUT2D eigenvalue weighted by Gasteiger charge is -2.11. The SMILES string of the molecule is Cc1ccc2c(COC(=O)c3ccc(C)c(NC(=O)c4ccco4)c3)cc(=O)oc2c1. The smallest absolute Gasteiger partial charge is 0.338 e. The van der Waals surface area contributed by atoms with Crippen molar-refractivity contribution < 1.29 is 23.2 Å². The van der Waals surface area contributed by atoms with Gasteiger partial charge < -0.3 is 18.9 Å². The van der Waals surface area contributed by atoms with Gasteiger partial charge in [-0.15, -0.1) is 0 Å². The van der Waals surface area contributed by atoms with Crippen molar-refractivity contribution in [2.24, 2.45) is 0 Å². The first kappa shape index (κ1) is 20.2. The summed E-state index contributed by atoms with van der Waals surface area (Å²) < 4.78 is 15.7. The summed E-state index contributed by atoms with van der Waals surface area (Å²) in [6.45, 7) is 3.61. The Morgan fingerprint density at radius 1 is 1.03 bits per heavy atom. The van der Waals surface area contributed by atoms with Gasteiger partial charge in [0.15, 0.2) is 5.76 Å². The lowest BCUT2D eigenvalue weighted by molar-refractivity contribution is 0.0473. The Hall–Kier alpha value is -4.13. The van der Waals surface area contributed by atoms with Gasteiger partial charge in [-0.2, -0.15) is 0 Å². The second-order valence-corrected chi connectivity index (χ2v) is 7.13. The summed E-state index contributed by atoms with van der Waals surface area (Å²) in [4.78, 5) is 36.7. The zero-order chi connectivity index (χ0) is 22.0. The van der Waals surface area contributed by atoms with Crippen LogP contribution in [0.25, 0.3) is 11.0 Å². The van der Waals surface area contributed by atoms with Crippen LogP contribution in [0.2, 0.25) is 0 Å². The highest BCUT2D eigenvalue weighted by atomic mass is 16.5. The number of furan rings is 1. The Balaban J connectivity index is 1.52. The zero-order valence-electron chi connectivity index (χ0n) is 16.9. The monoisotopic (exact) mass is 417 g/mol. The molecule has 0 radical (unpaired) electrons. The number of esters is 1. The first-order chi connectivity index (χ1) is 14.9. The van der Waals surface area contributed by atoms with E-state index in [2.05, 4.69) is 5.32 Å². The summed E-state index contributed by atoms with van der Waals surface area (Å²) in [6.07, 6.45) is 1.41. The van der Waals surface area contributed by atoms with Gasteiger partial charge in [-0.1, -0.05) is 18.2 Å². The maximum Gasteiger partial charge on any atom is 0.338 e. The predicted molar refractivity (Wildman–Crippen MR) is 114 cm³/mol. The van der Waals surface area contributed by atoms with Crippen LogP contribution in [0.1, 0.15) is 37.6 Å². The number of hydrogen-bond donors (Lipinski definition) is 1. The van der Waals surface area contributed by atoms with Crippen LogP contribution in [0.5, 0.6) is 0 Å². The molecule has 0 unspecified atom stereocenters. The van der Waals surface area contributed by atoms with Gasteiger partial charge in [0, 0.05) is 22.7 Å². The Bertz CT molecular complexity index is 1330. The molecule has 2 aromatic carbocycles. The summed E-state index contributed by atoms with van der Waals surface area (Å²) in [5.74, 6) is -0.837. The second-order valence-electron chi connectivity index (χ2n) is 7.13. The lowest BCUT2D eigenvalue weighted by atomic mass is 10.1. The first-order valence-electron chi connectivity index (χ1n) is 9.57. The molecule has 2 aromatic heterocycles. The number of carbonyl (C=O) groups excluding carboxylic acids is 2. The van der Waals surface area contributed by atoms with Crippen LogP contribution in [0.15, 0.2) is 74.5 Å². The number of amides is 1. The van der Waals surface area contributed by atoms with Gasteiger partial charge in [-0.3, -0.25) is 4.79 Å². The molecule has 1 N–H and O–H groups in total. The van der Waals surface area contributed by atoms with Crippen molar-refractivity contribution in [2.45, 2.75) is 20.5 Å². The average Bonchev–Trinajstić information content (AvgIpc) is 3.28. The highest BCUT2D eigenvalue weighted by molar-refractivity contribution is 6.03. The number of carbonyl (C=O) groups is 2. The van der Waals surface area contributed by atoms with Gasteiger partial charge in [-0.05, 0) is 55.3 Å². The third-order valence-electron chi connectivity index (χ3n) is 4.81. The van der Waals surface area contributed by atoms with Crippen LogP contribution in [0, 0.1) is 13.8 Å². The summed E-state index contributed by atoms with van der Waals surface area (Å²) in [7, 11) is 0. The Kier molecular flexibility index (Phi) is 5.41. The highest BCUT2D eigenvalue weighted by Gasteiger charge is 2.15. The van der Waals surface area contributed by atoms with E-state index in [1.54, 1.807) is 36.4 Å². The van der Waals surface area contributed by atoms with E-state index in [4.69, 9.17) is 13.6 Å². The fourth-order valence-electron chi connectivity index (χ4n) is 3.16. The van der Waals surface area contributed by atoms with Crippen molar-refractivity contribution >= 4 is 28.5 Å². The van der Waals surface area contributed by atoms with E-state index >= 15 is 0 Å². The predicted octanol–water partition coefficient (Wildman–Crippen LogP) is 4.61. The summed E-state index contributed by atoms with van der Waals surface area (Å²) >= 11 is 0. The average molecular weight is 417 g/mol. The van der Waals surface area contributed by atoms with Gasteiger partial charge >= 0.3 is 11.6 Å². The normalized spacial score (nSPS) is 10.8. The molecule has 0 fully saturated rings. The van der Waals surface area contributed by atoms with E-state index in [-0.39, 0.29) is 17.9 Å². The number of hydrogen-bond acceptors (Lipinski definition) is 6. The molecule has 0 saturated heterocycles. The molecule has 0 aliphatic rings. The van der Waals surface area contributed by atoms with Crippen LogP contribution in [-0.2, 0) is 11.3 Å². The van der Waals surface area contributed by atoms with E-state index in [9.17, 15) is 14.4 Å². The number of fused-ring (bicyclic) bond motifs is 1. The maximum absolute atomic E-state index is 12.6. The van der Waals surface area contributed by atoms with Crippen molar-refractivity contribution in [3.63, 3.8) is 0 Å². The molecule has 4 aromatic rings. The van der Waals surface area contributed by atoms with E-state index in [1.165, 1.54) is 12.3 Å². The van der Waals surface area contributed by atoms with Crippen molar-refractivity contribution in [3.05, 3.63) is 99.3 Å². The standard InChI is InChI=1S/C24H19NO6/c1-14-5-8-18-17(12-22(26)31-21(18)10-14)13-30-24(28)16-7-6-15(2)19(11-16)25-23(27)20-4-3-9-29-20/h3-12H,13H2,1-2H3,(H,25,27). The molecule has 7 heteroatoms. The molecule has 0 saturated carbocycles. The van der Waals surface area contributed by atoms with Gasteiger partial charge in [0.25, 0.3) is 5.91 Å². The number of ether oxygens (including phenoxy) is 1. The molecule has 156 valence electrons. The van der Waals surface area contributed by atoms with E-state index in [0.29, 0.717) is 22.2 Å². The van der Waals surface area contributed by atoms with Crippen molar-refractivity contribution in [2.75, 3.05) is 5.32 Å². The second kappa shape index (κ2) is 8.31. The van der Waals surface area contributed by atoms with Crippen molar-refractivity contribution in [3.8, 4) is 0 Å². The number of anilines is 1. The van der Waals surface area contributed by atoms with Crippen molar-refractivity contribution in [1.82, 2.24) is 0 Å². The number of nitrogens with one attached hydrogen (secondary N) is 1. The van der Waals surface area contributed by atoms with Crippen LogP contribution in [0.3, 0.4) is 0 Å². The third-order valence-corrected chi connectivity index (χ3v) is 4.81.